The molecule has 0 saturated heterocycles. The summed E-state index contributed by atoms with van der Waals surface area (Å²) in [6.07, 6.45) is 4.78. The normalized spacial score (nSPS) is 11.4. The number of ether oxygens (including phenoxy) is 3. The van der Waals surface area contributed by atoms with Crippen molar-refractivity contribution < 1.29 is 43.9 Å². The molecule has 0 amide bonds. The zero-order chi connectivity index (χ0) is 35.8. The first-order valence-corrected chi connectivity index (χ1v) is 16.1. The topological polar surface area (TPSA) is 165 Å². The molecule has 0 radical (unpaired) electrons. The van der Waals surface area contributed by atoms with Gasteiger partial charge in [0.2, 0.25) is 0 Å². The fourth-order valence-electron chi connectivity index (χ4n) is 4.17. The molecule has 0 fully saturated rings. The number of benzene rings is 3. The molecular formula is C36H36BrClN2O9. The first-order chi connectivity index (χ1) is 23.5. The third-order valence-corrected chi connectivity index (χ3v) is 7.74. The first-order valence-electron chi connectivity index (χ1n) is 15.0. The molecule has 0 saturated carbocycles. The highest BCUT2D eigenvalue weighted by molar-refractivity contribution is 9.10. The summed E-state index contributed by atoms with van der Waals surface area (Å²) >= 11 is 10.3. The minimum Gasteiger partial charge on any atom is -0.488 e. The lowest BCUT2D eigenvalue weighted by Crippen LogP contribution is -2.39. The number of carboxylic acid groups (broad SMARTS) is 2. The van der Waals surface area contributed by atoms with E-state index in [-0.39, 0.29) is 25.9 Å². The Kier molecular flexibility index (Phi) is 15.7. The summed E-state index contributed by atoms with van der Waals surface area (Å²) in [5, 5.41) is 29.9. The van der Waals surface area contributed by atoms with Gasteiger partial charge in [-0.1, -0.05) is 66.2 Å². The summed E-state index contributed by atoms with van der Waals surface area (Å²) in [6.45, 7) is 3.44. The molecule has 11 nitrogen and oxygen atoms in total. The maximum atomic E-state index is 11.3. The third kappa shape index (κ3) is 13.0. The van der Waals surface area contributed by atoms with Crippen molar-refractivity contribution in [2.45, 2.75) is 45.8 Å². The Morgan fingerprint density at radius 1 is 0.918 bits per heavy atom. The zero-order valence-electron chi connectivity index (χ0n) is 26.7. The molecule has 1 aromatic heterocycles. The van der Waals surface area contributed by atoms with Crippen molar-refractivity contribution in [3.63, 3.8) is 0 Å². The Labute approximate surface area is 297 Å². The van der Waals surface area contributed by atoms with Crippen molar-refractivity contribution in [2.24, 2.45) is 0 Å². The third-order valence-electron chi connectivity index (χ3n) is 6.51. The van der Waals surface area contributed by atoms with Crippen molar-refractivity contribution in [2.75, 3.05) is 6.61 Å². The molecule has 1 unspecified atom stereocenters. The van der Waals surface area contributed by atoms with E-state index >= 15 is 0 Å². The molecule has 258 valence electrons. The number of rotatable bonds is 15. The van der Waals surface area contributed by atoms with Crippen molar-refractivity contribution in [1.82, 2.24) is 10.3 Å². The van der Waals surface area contributed by atoms with Gasteiger partial charge in [0.25, 0.3) is 0 Å². The molecule has 4 N–H and O–H groups in total. The van der Waals surface area contributed by atoms with Crippen LogP contribution in [-0.2, 0) is 38.9 Å². The van der Waals surface area contributed by atoms with E-state index in [0.717, 1.165) is 38.9 Å². The van der Waals surface area contributed by atoms with E-state index in [1.807, 2.05) is 60.7 Å². The van der Waals surface area contributed by atoms with Gasteiger partial charge in [-0.05, 0) is 53.0 Å². The number of hydrogen-bond donors (Lipinski definition) is 4. The zero-order valence-corrected chi connectivity index (χ0v) is 29.1. The highest BCUT2D eigenvalue weighted by atomic mass is 79.9. The van der Waals surface area contributed by atoms with Crippen LogP contribution in [0.4, 0.5) is 0 Å². The van der Waals surface area contributed by atoms with Crippen LogP contribution in [0.25, 0.3) is 11.1 Å². The van der Waals surface area contributed by atoms with E-state index in [0.29, 0.717) is 22.1 Å². The number of nitrogens with one attached hydrogen (secondary N) is 1. The number of aromatic nitrogens is 1. The summed E-state index contributed by atoms with van der Waals surface area (Å²) < 4.78 is 17.7. The van der Waals surface area contributed by atoms with Crippen molar-refractivity contribution in [1.29, 1.82) is 0 Å². The monoisotopic (exact) mass is 754 g/mol. The number of carbonyl (C=O) groups excluding carboxylic acids is 1. The molecule has 0 aliphatic heterocycles. The number of esters is 1. The van der Waals surface area contributed by atoms with E-state index in [1.165, 1.54) is 0 Å². The molecule has 1 atom stereocenters. The lowest BCUT2D eigenvalue weighted by atomic mass is 10.0. The van der Waals surface area contributed by atoms with E-state index in [2.05, 4.69) is 31.0 Å². The Bertz CT molecular complexity index is 1720. The summed E-state index contributed by atoms with van der Waals surface area (Å²) in [5.74, 6) is -2.06. The molecule has 1 heterocycles. The molecule has 4 aromatic rings. The number of aliphatic hydroxyl groups is 1. The van der Waals surface area contributed by atoms with Crippen LogP contribution in [0.15, 0.2) is 102 Å². The van der Waals surface area contributed by atoms with E-state index in [4.69, 9.17) is 26.2 Å². The Morgan fingerprint density at radius 3 is 2.29 bits per heavy atom. The second-order valence-electron chi connectivity index (χ2n) is 10.6. The summed E-state index contributed by atoms with van der Waals surface area (Å²) in [4.78, 5) is 35.9. The molecule has 0 aliphatic carbocycles. The van der Waals surface area contributed by atoms with Crippen LogP contribution >= 0.6 is 27.5 Å². The lowest BCUT2D eigenvalue weighted by Gasteiger charge is -2.18. The highest BCUT2D eigenvalue weighted by Crippen LogP contribution is 2.36. The number of aliphatic carboxylic acids is 2. The van der Waals surface area contributed by atoms with Gasteiger partial charge in [0, 0.05) is 58.3 Å². The number of aliphatic hydroxyl groups excluding tert-OH is 1. The Hall–Kier alpha value is -4.75. The Balaban J connectivity index is 0.000000509. The average Bonchev–Trinajstić information content (AvgIpc) is 3.08. The molecular weight excluding hydrogens is 720 g/mol. The predicted octanol–water partition coefficient (Wildman–Crippen LogP) is 6.44. The number of hydrogen-bond acceptors (Lipinski definition) is 9. The average molecular weight is 756 g/mol. The van der Waals surface area contributed by atoms with Gasteiger partial charge in [-0.2, -0.15) is 0 Å². The standard InChI is InChI=1S/C29H26BrClN2O5.C7H10O4/c30-28-21(9-4-10-23(28)20-7-2-1-3-8-20)18-38-27-13-26(37-17-19-6-5-11-32-14-19)22(12-24(27)31)15-33-25(16-34)29(35)36;1-5(2)11-7(10)4-3-6(8)9/h1-14,25,33-34H,15-18H2,(H,35,36);3-5H,1-2H3,(H,8,9)/b;4-3-. The van der Waals surface area contributed by atoms with Gasteiger partial charge in [0.15, 0.2) is 0 Å². The minimum absolute atomic E-state index is 0.116. The fraction of sp³-hybridized carbons (Fsp3) is 0.222. The minimum atomic E-state index is -1.16. The van der Waals surface area contributed by atoms with Crippen molar-refractivity contribution >= 4 is 45.4 Å². The van der Waals surface area contributed by atoms with E-state index < -0.39 is 30.6 Å². The van der Waals surface area contributed by atoms with E-state index in [9.17, 15) is 24.6 Å². The second kappa shape index (κ2) is 19.9. The van der Waals surface area contributed by atoms with Gasteiger partial charge in [-0.15, -0.1) is 0 Å². The number of pyridine rings is 1. The highest BCUT2D eigenvalue weighted by Gasteiger charge is 2.18. The number of carboxylic acids is 2. The molecule has 49 heavy (non-hydrogen) atoms. The molecule has 4 rings (SSSR count). The number of halogens is 2. The molecule has 0 aliphatic rings. The molecule has 3 aromatic carbocycles. The second-order valence-corrected chi connectivity index (χ2v) is 11.8. The van der Waals surface area contributed by atoms with Crippen LogP contribution < -0.4 is 14.8 Å². The van der Waals surface area contributed by atoms with Gasteiger partial charge in [-0.25, -0.2) is 9.59 Å². The Morgan fingerprint density at radius 2 is 1.65 bits per heavy atom. The summed E-state index contributed by atoms with van der Waals surface area (Å²) in [5.41, 5.74) is 4.57. The van der Waals surface area contributed by atoms with Gasteiger partial charge < -0.3 is 29.5 Å². The first kappa shape index (κ1) is 38.7. The quantitative estimate of drug-likeness (QED) is 0.0780. The molecule has 0 spiro atoms. The van der Waals surface area contributed by atoms with Crippen LogP contribution in [0.3, 0.4) is 0 Å². The maximum Gasteiger partial charge on any atom is 0.331 e. The van der Waals surface area contributed by atoms with Crippen LogP contribution in [0.5, 0.6) is 11.5 Å². The lowest BCUT2D eigenvalue weighted by molar-refractivity contribution is -0.142. The summed E-state index contributed by atoms with van der Waals surface area (Å²) in [6, 6.07) is 22.0. The maximum absolute atomic E-state index is 11.3. The van der Waals surface area contributed by atoms with Gasteiger partial charge in [0.1, 0.15) is 30.8 Å². The number of carbonyl (C=O) groups is 3. The molecule has 0 bridgehead atoms. The van der Waals surface area contributed by atoms with E-state index in [1.54, 1.807) is 38.4 Å². The van der Waals surface area contributed by atoms with Gasteiger partial charge >= 0.3 is 17.9 Å². The summed E-state index contributed by atoms with van der Waals surface area (Å²) in [7, 11) is 0. The largest absolute Gasteiger partial charge is 0.488 e. The predicted molar refractivity (Wildman–Crippen MR) is 187 cm³/mol. The van der Waals surface area contributed by atoms with Gasteiger partial charge in [0.05, 0.1) is 17.7 Å². The SMILES string of the molecule is CC(C)OC(=O)/C=C\C(=O)O.O=C(O)C(CO)NCc1cc(Cl)c(OCc2cccc(-c3ccccc3)c2Br)cc1OCc1cccnc1. The van der Waals surface area contributed by atoms with Crippen LogP contribution in [0.2, 0.25) is 5.02 Å². The van der Waals surface area contributed by atoms with Crippen molar-refractivity contribution in [3.8, 4) is 22.6 Å². The van der Waals surface area contributed by atoms with Crippen LogP contribution in [-0.4, -0.2) is 57.0 Å². The fourth-order valence-corrected chi connectivity index (χ4v) is 5.01. The number of nitrogens with zero attached hydrogens (tertiary/aromatic N) is 1. The molecule has 13 heteroatoms. The van der Waals surface area contributed by atoms with Crippen molar-refractivity contribution in [3.05, 3.63) is 124 Å². The van der Waals surface area contributed by atoms with Crippen LogP contribution in [0, 0.1) is 0 Å². The van der Waals surface area contributed by atoms with Crippen LogP contribution in [0.1, 0.15) is 30.5 Å². The smallest absolute Gasteiger partial charge is 0.331 e. The van der Waals surface area contributed by atoms with Gasteiger partial charge in [-0.3, -0.25) is 15.1 Å².